The molecule has 4 rings (SSSR count). The summed E-state index contributed by atoms with van der Waals surface area (Å²) in [5.41, 5.74) is 1.05. The van der Waals surface area contributed by atoms with Crippen molar-refractivity contribution in [2.24, 2.45) is 0 Å². The SMILES string of the molecule is CC(C)(C)OC(=O)NC[C@@H]1CCCN1C(=O)c1ccc(C(=O)N[C@@H](CCS(C)(=O)=O)c2nc3ccc(Cl)cc3[nH]2)cc1Cl. The number of halogens is 2. The molecular formula is C29H35Cl2N5O6S. The van der Waals surface area contributed by atoms with Crippen molar-refractivity contribution < 1.29 is 27.5 Å². The maximum atomic E-state index is 13.4. The van der Waals surface area contributed by atoms with Gasteiger partial charge in [-0.15, -0.1) is 0 Å². The Hall–Kier alpha value is -3.35. The monoisotopic (exact) mass is 651 g/mol. The molecule has 11 nitrogen and oxygen atoms in total. The first-order valence-electron chi connectivity index (χ1n) is 13.8. The number of aromatic nitrogens is 2. The lowest BCUT2D eigenvalue weighted by molar-refractivity contribution is 0.0501. The molecule has 0 unspecified atom stereocenters. The molecule has 1 aliphatic rings. The molecule has 232 valence electrons. The molecule has 1 fully saturated rings. The number of imidazole rings is 1. The zero-order chi connectivity index (χ0) is 31.5. The highest BCUT2D eigenvalue weighted by Crippen LogP contribution is 2.26. The van der Waals surface area contributed by atoms with Gasteiger partial charge in [0.25, 0.3) is 11.8 Å². The van der Waals surface area contributed by atoms with Crippen molar-refractivity contribution in [3.8, 4) is 0 Å². The number of H-pyrrole nitrogens is 1. The van der Waals surface area contributed by atoms with E-state index in [1.807, 2.05) is 0 Å². The molecule has 43 heavy (non-hydrogen) atoms. The highest BCUT2D eigenvalue weighted by atomic mass is 35.5. The molecular weight excluding hydrogens is 617 g/mol. The number of likely N-dealkylation sites (tertiary alicyclic amines) is 1. The number of fused-ring (bicyclic) bond motifs is 1. The van der Waals surface area contributed by atoms with Gasteiger partial charge in [0, 0.05) is 36.0 Å². The molecule has 0 bridgehead atoms. The molecule has 1 saturated heterocycles. The maximum absolute atomic E-state index is 13.4. The van der Waals surface area contributed by atoms with Gasteiger partial charge in [-0.3, -0.25) is 9.59 Å². The lowest BCUT2D eigenvalue weighted by Gasteiger charge is -2.26. The average Bonchev–Trinajstić information content (AvgIpc) is 3.54. The minimum Gasteiger partial charge on any atom is -0.444 e. The van der Waals surface area contributed by atoms with E-state index in [-0.39, 0.29) is 46.8 Å². The van der Waals surface area contributed by atoms with Crippen LogP contribution in [0.5, 0.6) is 0 Å². The van der Waals surface area contributed by atoms with E-state index in [1.54, 1.807) is 43.9 Å². The number of benzene rings is 2. The fraction of sp³-hybridized carbons (Fsp3) is 0.448. The molecule has 3 amide bonds. The number of hydrogen-bond acceptors (Lipinski definition) is 7. The summed E-state index contributed by atoms with van der Waals surface area (Å²) >= 11 is 12.6. The number of rotatable bonds is 9. The van der Waals surface area contributed by atoms with Gasteiger partial charge in [-0.1, -0.05) is 23.2 Å². The van der Waals surface area contributed by atoms with Crippen LogP contribution in [0.1, 0.15) is 72.6 Å². The van der Waals surface area contributed by atoms with Crippen molar-refractivity contribution in [2.45, 2.75) is 57.7 Å². The summed E-state index contributed by atoms with van der Waals surface area (Å²) in [6.07, 6.45) is 2.13. The number of aromatic amines is 1. The van der Waals surface area contributed by atoms with E-state index >= 15 is 0 Å². The second-order valence-electron chi connectivity index (χ2n) is 11.6. The Kier molecular flexibility index (Phi) is 9.93. The average molecular weight is 653 g/mol. The normalized spacial score (nSPS) is 16.2. The Morgan fingerprint density at radius 1 is 1.16 bits per heavy atom. The molecule has 14 heteroatoms. The second-order valence-corrected chi connectivity index (χ2v) is 14.7. The van der Waals surface area contributed by atoms with Crippen molar-refractivity contribution in [1.29, 1.82) is 0 Å². The van der Waals surface area contributed by atoms with E-state index < -0.39 is 33.5 Å². The number of nitrogens with one attached hydrogen (secondary N) is 3. The van der Waals surface area contributed by atoms with Crippen molar-refractivity contribution in [3.63, 3.8) is 0 Å². The number of alkyl carbamates (subject to hydrolysis) is 1. The number of hydrogen-bond donors (Lipinski definition) is 3. The first-order chi connectivity index (χ1) is 20.1. The van der Waals surface area contributed by atoms with Crippen molar-refractivity contribution in [3.05, 3.63) is 63.4 Å². The molecule has 3 N–H and O–H groups in total. The molecule has 0 radical (unpaired) electrons. The molecule has 3 aromatic rings. The summed E-state index contributed by atoms with van der Waals surface area (Å²) in [5.74, 6) is -0.618. The number of carbonyl (C=O) groups excluding carboxylic acids is 3. The van der Waals surface area contributed by atoms with Gasteiger partial charge >= 0.3 is 6.09 Å². The maximum Gasteiger partial charge on any atom is 0.407 e. The zero-order valence-corrected chi connectivity index (χ0v) is 26.7. The van der Waals surface area contributed by atoms with Crippen molar-refractivity contribution in [1.82, 2.24) is 25.5 Å². The van der Waals surface area contributed by atoms with Crippen LogP contribution in [-0.4, -0.2) is 77.9 Å². The molecule has 1 aliphatic heterocycles. The number of nitrogens with zero attached hydrogens (tertiary/aromatic N) is 2. The quantitative estimate of drug-likeness (QED) is 0.298. The minimum atomic E-state index is -3.32. The Labute approximate surface area is 260 Å². The summed E-state index contributed by atoms with van der Waals surface area (Å²) in [6, 6.07) is 8.50. The van der Waals surface area contributed by atoms with Crippen LogP contribution in [0.15, 0.2) is 36.4 Å². The fourth-order valence-electron chi connectivity index (χ4n) is 4.83. The van der Waals surface area contributed by atoms with Gasteiger partial charge < -0.3 is 25.3 Å². The molecule has 0 saturated carbocycles. The number of ether oxygens (including phenoxy) is 1. The van der Waals surface area contributed by atoms with Crippen molar-refractivity contribution >= 4 is 62.0 Å². The van der Waals surface area contributed by atoms with E-state index in [0.717, 1.165) is 12.7 Å². The Bertz CT molecular complexity index is 1640. The summed E-state index contributed by atoms with van der Waals surface area (Å²) in [4.78, 5) is 48.1. The lowest BCUT2D eigenvalue weighted by Crippen LogP contribution is -2.44. The van der Waals surface area contributed by atoms with Crippen molar-refractivity contribution in [2.75, 3.05) is 25.1 Å². The molecule has 2 aromatic carbocycles. The standard InChI is InChI=1S/C29H35Cl2N5O6S/c1-29(2,3)42-28(39)32-16-19-6-5-12-36(19)27(38)20-9-7-17(14-21(20)31)26(37)35-23(11-13-43(4,40)41)25-33-22-10-8-18(30)15-24(22)34-25/h7-10,14-15,19,23H,5-6,11-13,16H2,1-4H3,(H,32,39)(H,33,34)(H,35,37)/t19-,23-/m0/s1. The number of carbonyl (C=O) groups is 3. The molecule has 2 atom stereocenters. The van der Waals surface area contributed by atoms with Crippen LogP contribution in [0.3, 0.4) is 0 Å². The third-order valence-electron chi connectivity index (χ3n) is 6.86. The summed E-state index contributed by atoms with van der Waals surface area (Å²) in [5, 5.41) is 6.16. The van der Waals surface area contributed by atoms with Gasteiger partial charge in [-0.2, -0.15) is 0 Å². The van der Waals surface area contributed by atoms with E-state index in [1.165, 1.54) is 18.2 Å². The van der Waals surface area contributed by atoms with Crippen LogP contribution in [0, 0.1) is 0 Å². The number of sulfone groups is 1. The van der Waals surface area contributed by atoms with Crippen LogP contribution in [0.2, 0.25) is 10.0 Å². The van der Waals surface area contributed by atoms with Gasteiger partial charge in [-0.25, -0.2) is 18.2 Å². The highest BCUT2D eigenvalue weighted by Gasteiger charge is 2.31. The first-order valence-corrected chi connectivity index (χ1v) is 16.6. The smallest absolute Gasteiger partial charge is 0.407 e. The zero-order valence-electron chi connectivity index (χ0n) is 24.4. The van der Waals surface area contributed by atoms with E-state index in [2.05, 4.69) is 20.6 Å². The Morgan fingerprint density at radius 2 is 1.91 bits per heavy atom. The van der Waals surface area contributed by atoms with Crippen LogP contribution < -0.4 is 10.6 Å². The molecule has 2 heterocycles. The topological polar surface area (TPSA) is 151 Å². The Morgan fingerprint density at radius 3 is 2.58 bits per heavy atom. The first kappa shape index (κ1) is 32.6. The van der Waals surface area contributed by atoms with Crippen LogP contribution in [0.25, 0.3) is 11.0 Å². The molecule has 0 aliphatic carbocycles. The lowest BCUT2D eigenvalue weighted by atomic mass is 10.1. The van der Waals surface area contributed by atoms with E-state index in [0.29, 0.717) is 34.8 Å². The number of amides is 3. The van der Waals surface area contributed by atoms with Gasteiger partial charge in [-0.05, 0) is 76.4 Å². The summed E-state index contributed by atoms with van der Waals surface area (Å²) < 4.78 is 29.1. The van der Waals surface area contributed by atoms with Gasteiger partial charge in [0.1, 0.15) is 21.3 Å². The second kappa shape index (κ2) is 13.1. The third kappa shape index (κ3) is 8.84. The van der Waals surface area contributed by atoms with Gasteiger partial charge in [0.15, 0.2) is 0 Å². The molecule has 1 aromatic heterocycles. The minimum absolute atomic E-state index is 0.0795. The highest BCUT2D eigenvalue weighted by molar-refractivity contribution is 7.90. The van der Waals surface area contributed by atoms with Crippen LogP contribution >= 0.6 is 23.2 Å². The van der Waals surface area contributed by atoms with E-state index in [9.17, 15) is 22.8 Å². The predicted octanol–water partition coefficient (Wildman–Crippen LogP) is 4.90. The van der Waals surface area contributed by atoms with Gasteiger partial charge in [0.2, 0.25) is 0 Å². The van der Waals surface area contributed by atoms with Crippen LogP contribution in [-0.2, 0) is 14.6 Å². The van der Waals surface area contributed by atoms with Gasteiger partial charge in [0.05, 0.1) is 33.4 Å². The summed E-state index contributed by atoms with van der Waals surface area (Å²) in [7, 11) is -3.32. The molecule has 0 spiro atoms. The van der Waals surface area contributed by atoms with Crippen LogP contribution in [0.4, 0.5) is 4.79 Å². The Balaban J connectivity index is 1.47. The van der Waals surface area contributed by atoms with E-state index in [4.69, 9.17) is 27.9 Å². The predicted molar refractivity (Wildman–Crippen MR) is 165 cm³/mol. The third-order valence-corrected chi connectivity index (χ3v) is 8.38. The largest absolute Gasteiger partial charge is 0.444 e. The summed E-state index contributed by atoms with van der Waals surface area (Å²) in [6.45, 7) is 6.06. The fourth-order valence-corrected chi connectivity index (χ4v) is 5.93.